The molecule has 112 valence electrons. The zero-order valence-electron chi connectivity index (χ0n) is 12.9. The van der Waals surface area contributed by atoms with Crippen molar-refractivity contribution in [1.29, 1.82) is 0 Å². The molecule has 1 N–H and O–H groups in total. The predicted octanol–water partition coefficient (Wildman–Crippen LogP) is 4.99. The Balaban J connectivity index is 1.74. The summed E-state index contributed by atoms with van der Waals surface area (Å²) in [5.41, 5.74) is 2.81. The Morgan fingerprint density at radius 1 is 0.857 bits per heavy atom. The third-order valence-corrected chi connectivity index (χ3v) is 4.26. The van der Waals surface area contributed by atoms with Gasteiger partial charge >= 0.3 is 0 Å². The van der Waals surface area contributed by atoms with E-state index < -0.39 is 0 Å². The minimum atomic E-state index is 0.497. The van der Waals surface area contributed by atoms with Crippen LogP contribution in [0.2, 0.25) is 0 Å². The molecule has 0 aliphatic heterocycles. The summed E-state index contributed by atoms with van der Waals surface area (Å²) in [5, 5.41) is 3.70. The largest absolute Gasteiger partial charge is 0.311 e. The van der Waals surface area contributed by atoms with Crippen LogP contribution >= 0.6 is 15.9 Å². The molecule has 2 rings (SSSR count). The van der Waals surface area contributed by atoms with Crippen LogP contribution in [-0.4, -0.2) is 12.1 Å². The fraction of sp³-hybridized carbons (Fsp3) is 0.368. The summed E-state index contributed by atoms with van der Waals surface area (Å²) >= 11 is 3.48. The van der Waals surface area contributed by atoms with Crippen LogP contribution in [0.4, 0.5) is 0 Å². The Kier molecular flexibility index (Phi) is 6.47. The molecule has 2 unspecified atom stereocenters. The van der Waals surface area contributed by atoms with E-state index in [2.05, 4.69) is 89.7 Å². The maximum Gasteiger partial charge on any atom is 0.0175 e. The first-order chi connectivity index (χ1) is 10.1. The summed E-state index contributed by atoms with van der Waals surface area (Å²) in [6, 6.07) is 20.4. The maximum atomic E-state index is 3.70. The highest BCUT2D eigenvalue weighted by molar-refractivity contribution is 9.10. The van der Waals surface area contributed by atoms with E-state index in [-0.39, 0.29) is 0 Å². The average Bonchev–Trinajstić information content (AvgIpc) is 2.48. The van der Waals surface area contributed by atoms with E-state index in [1.807, 2.05) is 0 Å². The molecule has 0 heterocycles. The molecule has 0 saturated carbocycles. The van der Waals surface area contributed by atoms with E-state index in [1.54, 1.807) is 0 Å². The Morgan fingerprint density at radius 3 is 2.19 bits per heavy atom. The lowest BCUT2D eigenvalue weighted by Crippen LogP contribution is -2.36. The quantitative estimate of drug-likeness (QED) is 0.745. The van der Waals surface area contributed by atoms with Crippen molar-refractivity contribution in [2.24, 2.45) is 0 Å². The van der Waals surface area contributed by atoms with E-state index in [0.29, 0.717) is 12.1 Å². The van der Waals surface area contributed by atoms with E-state index in [9.17, 15) is 0 Å². The molecular weight excluding hydrogens is 322 g/mol. The third-order valence-electron chi connectivity index (χ3n) is 3.73. The van der Waals surface area contributed by atoms with Crippen molar-refractivity contribution in [1.82, 2.24) is 5.32 Å². The van der Waals surface area contributed by atoms with Crippen molar-refractivity contribution in [2.45, 2.75) is 45.2 Å². The van der Waals surface area contributed by atoms with Gasteiger partial charge in [-0.25, -0.2) is 0 Å². The number of halogens is 1. The monoisotopic (exact) mass is 345 g/mol. The van der Waals surface area contributed by atoms with Gasteiger partial charge in [0.1, 0.15) is 0 Å². The summed E-state index contributed by atoms with van der Waals surface area (Å²) in [6.07, 6.45) is 3.39. The molecule has 21 heavy (non-hydrogen) atoms. The van der Waals surface area contributed by atoms with Crippen molar-refractivity contribution >= 4 is 15.9 Å². The zero-order chi connectivity index (χ0) is 15.1. The molecule has 0 bridgehead atoms. The molecule has 0 aromatic heterocycles. The maximum absolute atomic E-state index is 3.70. The molecule has 0 aliphatic rings. The molecule has 0 spiro atoms. The second kappa shape index (κ2) is 8.35. The second-order valence-electron chi connectivity index (χ2n) is 5.82. The van der Waals surface area contributed by atoms with Crippen molar-refractivity contribution in [2.75, 3.05) is 0 Å². The first kappa shape index (κ1) is 16.3. The number of benzene rings is 2. The van der Waals surface area contributed by atoms with Gasteiger partial charge in [0.2, 0.25) is 0 Å². The molecule has 1 nitrogen and oxygen atoms in total. The minimum Gasteiger partial charge on any atom is -0.311 e. The SMILES string of the molecule is CC(CCc1ccccc1)NC(C)Cc1ccc(Br)cc1. The van der Waals surface area contributed by atoms with Gasteiger partial charge in [0.05, 0.1) is 0 Å². The van der Waals surface area contributed by atoms with E-state index in [0.717, 1.165) is 17.3 Å². The van der Waals surface area contributed by atoms with E-state index in [1.165, 1.54) is 17.5 Å². The fourth-order valence-corrected chi connectivity index (χ4v) is 2.89. The van der Waals surface area contributed by atoms with Crippen LogP contribution in [0.25, 0.3) is 0 Å². The summed E-state index contributed by atoms with van der Waals surface area (Å²) in [4.78, 5) is 0. The van der Waals surface area contributed by atoms with Gasteiger partial charge < -0.3 is 5.32 Å². The minimum absolute atomic E-state index is 0.497. The topological polar surface area (TPSA) is 12.0 Å². The molecule has 2 atom stereocenters. The standard InChI is InChI=1S/C19H24BrN/c1-15(8-9-17-6-4-3-5-7-17)21-16(2)14-18-10-12-19(20)13-11-18/h3-7,10-13,15-16,21H,8-9,14H2,1-2H3. The van der Waals surface area contributed by atoms with Crippen molar-refractivity contribution in [3.63, 3.8) is 0 Å². The first-order valence-electron chi connectivity index (χ1n) is 7.68. The van der Waals surface area contributed by atoms with Crippen molar-refractivity contribution < 1.29 is 0 Å². The number of rotatable bonds is 7. The molecule has 2 aromatic rings. The number of aryl methyl sites for hydroxylation is 1. The summed E-state index contributed by atoms with van der Waals surface area (Å²) in [6.45, 7) is 4.54. The van der Waals surface area contributed by atoms with E-state index >= 15 is 0 Å². The van der Waals surface area contributed by atoms with Crippen LogP contribution < -0.4 is 5.32 Å². The molecular formula is C19H24BrN. The van der Waals surface area contributed by atoms with Gasteiger partial charge in [-0.3, -0.25) is 0 Å². The molecule has 0 amide bonds. The Labute approximate surface area is 136 Å². The lowest BCUT2D eigenvalue weighted by molar-refractivity contribution is 0.444. The van der Waals surface area contributed by atoms with Gasteiger partial charge in [-0.2, -0.15) is 0 Å². The number of nitrogens with one attached hydrogen (secondary N) is 1. The third kappa shape index (κ3) is 6.03. The first-order valence-corrected chi connectivity index (χ1v) is 8.47. The molecule has 0 saturated heterocycles. The van der Waals surface area contributed by atoms with Crippen LogP contribution in [0.5, 0.6) is 0 Å². The van der Waals surface area contributed by atoms with Crippen LogP contribution in [0.15, 0.2) is 59.1 Å². The lowest BCUT2D eigenvalue weighted by Gasteiger charge is -2.20. The van der Waals surface area contributed by atoms with Crippen LogP contribution in [-0.2, 0) is 12.8 Å². The summed E-state index contributed by atoms with van der Waals surface area (Å²) in [5.74, 6) is 0. The normalized spacial score (nSPS) is 13.9. The van der Waals surface area contributed by atoms with Crippen LogP contribution in [0.1, 0.15) is 31.4 Å². The smallest absolute Gasteiger partial charge is 0.0175 e. The lowest BCUT2D eigenvalue weighted by atomic mass is 10.0. The van der Waals surface area contributed by atoms with Gasteiger partial charge in [0.25, 0.3) is 0 Å². The molecule has 0 fully saturated rings. The zero-order valence-corrected chi connectivity index (χ0v) is 14.4. The second-order valence-corrected chi connectivity index (χ2v) is 6.74. The Morgan fingerprint density at radius 2 is 1.52 bits per heavy atom. The van der Waals surface area contributed by atoms with E-state index in [4.69, 9.17) is 0 Å². The van der Waals surface area contributed by atoms with Gasteiger partial charge in [-0.1, -0.05) is 58.4 Å². The molecule has 0 aliphatic carbocycles. The highest BCUT2D eigenvalue weighted by Gasteiger charge is 2.08. The van der Waals surface area contributed by atoms with Crippen LogP contribution in [0.3, 0.4) is 0 Å². The number of hydrogen-bond acceptors (Lipinski definition) is 1. The van der Waals surface area contributed by atoms with Gasteiger partial charge in [-0.15, -0.1) is 0 Å². The molecule has 0 radical (unpaired) electrons. The highest BCUT2D eigenvalue weighted by Crippen LogP contribution is 2.12. The van der Waals surface area contributed by atoms with Crippen molar-refractivity contribution in [3.05, 3.63) is 70.2 Å². The Hall–Kier alpha value is -1.12. The predicted molar refractivity (Wildman–Crippen MR) is 94.7 cm³/mol. The molecule has 2 aromatic carbocycles. The average molecular weight is 346 g/mol. The summed E-state index contributed by atoms with van der Waals surface area (Å²) in [7, 11) is 0. The molecule has 2 heteroatoms. The van der Waals surface area contributed by atoms with Gasteiger partial charge in [-0.05, 0) is 56.4 Å². The van der Waals surface area contributed by atoms with Gasteiger partial charge in [0, 0.05) is 16.6 Å². The van der Waals surface area contributed by atoms with Gasteiger partial charge in [0.15, 0.2) is 0 Å². The Bertz CT molecular complexity index is 521. The highest BCUT2D eigenvalue weighted by atomic mass is 79.9. The summed E-state index contributed by atoms with van der Waals surface area (Å²) < 4.78 is 1.14. The fourth-order valence-electron chi connectivity index (χ4n) is 2.63. The van der Waals surface area contributed by atoms with Crippen molar-refractivity contribution in [3.8, 4) is 0 Å². The van der Waals surface area contributed by atoms with Crippen LogP contribution in [0, 0.1) is 0 Å². The number of hydrogen-bond donors (Lipinski definition) is 1.